The number of amides is 1. The maximum absolute atomic E-state index is 11.5. The molecule has 0 aliphatic rings. The van der Waals surface area contributed by atoms with Gasteiger partial charge in [-0.2, -0.15) is 0 Å². The second-order valence-electron chi connectivity index (χ2n) is 2.68. The molecule has 0 aromatic heterocycles. The van der Waals surface area contributed by atoms with Crippen molar-refractivity contribution >= 4 is 13.7 Å². The molecule has 0 saturated carbocycles. The van der Waals surface area contributed by atoms with E-state index in [1.165, 1.54) is 35.3 Å². The van der Waals surface area contributed by atoms with Crippen LogP contribution >= 0.6 is 7.82 Å². The largest absolute Gasteiger partial charge is 0.529 e. The maximum atomic E-state index is 11.5. The Kier molecular flexibility index (Phi) is 6.28. The van der Waals surface area contributed by atoms with Crippen molar-refractivity contribution in [3.8, 4) is 0 Å². The number of hydrogen-bond acceptors (Lipinski definition) is 6. The Labute approximate surface area is 94.5 Å². The Balaban J connectivity index is 4.57. The highest BCUT2D eigenvalue weighted by Crippen LogP contribution is 2.49. The minimum atomic E-state index is -3.61. The van der Waals surface area contributed by atoms with Crippen LogP contribution in [0.1, 0.15) is 6.92 Å². The fourth-order valence-corrected chi connectivity index (χ4v) is 1.41. The van der Waals surface area contributed by atoms with Gasteiger partial charge in [0.2, 0.25) is 0 Å². The zero-order valence-corrected chi connectivity index (χ0v) is 10.8. The molecule has 0 heterocycles. The number of phosphoric ester groups is 1. The van der Waals surface area contributed by atoms with Gasteiger partial charge in [-0.3, -0.25) is 18.7 Å². The summed E-state index contributed by atoms with van der Waals surface area (Å²) in [4.78, 5) is 16.0. The minimum absolute atomic E-state index is 0.0981. The molecule has 0 rings (SSSR count). The summed E-state index contributed by atoms with van der Waals surface area (Å²) >= 11 is 0. The van der Waals surface area contributed by atoms with E-state index in [2.05, 4.69) is 13.9 Å². The Morgan fingerprint density at radius 2 is 1.75 bits per heavy atom. The molecule has 0 radical (unpaired) electrons. The van der Waals surface area contributed by atoms with E-state index in [9.17, 15) is 9.36 Å². The Hall–Kier alpha value is -0.880. The van der Waals surface area contributed by atoms with E-state index < -0.39 is 13.7 Å². The van der Waals surface area contributed by atoms with Crippen molar-refractivity contribution in [2.24, 2.45) is 0 Å². The molecule has 0 aliphatic heterocycles. The van der Waals surface area contributed by atoms with Gasteiger partial charge in [-0.25, -0.2) is 9.63 Å². The van der Waals surface area contributed by atoms with Crippen LogP contribution in [0.5, 0.6) is 0 Å². The van der Waals surface area contributed by atoms with Crippen LogP contribution < -0.4 is 0 Å². The summed E-state index contributed by atoms with van der Waals surface area (Å²) in [5, 5.41) is 0.984. The van der Waals surface area contributed by atoms with Crippen LogP contribution in [-0.2, 0) is 27.8 Å². The van der Waals surface area contributed by atoms with E-state index in [1.807, 2.05) is 0 Å². The molecule has 0 bridgehead atoms. The highest BCUT2D eigenvalue weighted by Gasteiger charge is 2.24. The average molecular weight is 253 g/mol. The Morgan fingerprint density at radius 3 is 2.12 bits per heavy atom. The molecule has 0 atom stereocenters. The SMILES string of the molecule is CON(C)C(=O)/C=C(\C)OP(=O)(OC)OC. The molecule has 1 amide bonds. The first-order valence-corrected chi connectivity index (χ1v) is 5.75. The van der Waals surface area contributed by atoms with Gasteiger partial charge in [-0.1, -0.05) is 0 Å². The Bertz CT molecular complexity index is 308. The monoisotopic (exact) mass is 253 g/mol. The first-order valence-electron chi connectivity index (χ1n) is 4.29. The molecule has 0 aliphatic carbocycles. The standard InChI is InChI=1S/C8H16NO6P/c1-7(6-8(10)9(2)12-3)15-16(11,13-4)14-5/h6H,1-5H3/b7-6+. The number of hydrogen-bond donors (Lipinski definition) is 0. The molecule has 8 heteroatoms. The predicted octanol–water partition coefficient (Wildman–Crippen LogP) is 1.33. The molecule has 0 fully saturated rings. The van der Waals surface area contributed by atoms with E-state index in [-0.39, 0.29) is 5.76 Å². The highest BCUT2D eigenvalue weighted by atomic mass is 31.2. The third-order valence-electron chi connectivity index (χ3n) is 1.61. The fraction of sp³-hybridized carbons (Fsp3) is 0.625. The van der Waals surface area contributed by atoms with Gasteiger partial charge < -0.3 is 4.52 Å². The van der Waals surface area contributed by atoms with Crippen molar-refractivity contribution in [3.05, 3.63) is 11.8 Å². The van der Waals surface area contributed by atoms with Gasteiger partial charge >= 0.3 is 7.82 Å². The van der Waals surface area contributed by atoms with E-state index in [4.69, 9.17) is 4.52 Å². The van der Waals surface area contributed by atoms with Crippen LogP contribution in [0.3, 0.4) is 0 Å². The smallest absolute Gasteiger partial charge is 0.409 e. The summed E-state index contributed by atoms with van der Waals surface area (Å²) in [6.45, 7) is 1.45. The molecule has 94 valence electrons. The third-order valence-corrected chi connectivity index (χ3v) is 3.02. The van der Waals surface area contributed by atoms with Gasteiger partial charge in [0.25, 0.3) is 5.91 Å². The summed E-state index contributed by atoms with van der Waals surface area (Å²) < 4.78 is 25.5. The van der Waals surface area contributed by atoms with Gasteiger partial charge in [0.05, 0.1) is 7.11 Å². The van der Waals surface area contributed by atoms with Crippen molar-refractivity contribution in [3.63, 3.8) is 0 Å². The fourth-order valence-electron chi connectivity index (χ4n) is 0.707. The number of hydroxylamine groups is 2. The van der Waals surface area contributed by atoms with Gasteiger partial charge in [0.1, 0.15) is 5.76 Å². The first-order chi connectivity index (χ1) is 7.38. The molecule has 0 saturated heterocycles. The zero-order chi connectivity index (χ0) is 12.8. The third kappa shape index (κ3) is 4.76. The topological polar surface area (TPSA) is 74.3 Å². The summed E-state index contributed by atoms with van der Waals surface area (Å²) in [7, 11) is 1.52. The zero-order valence-electron chi connectivity index (χ0n) is 9.92. The number of phosphoric acid groups is 1. The van der Waals surface area contributed by atoms with Gasteiger partial charge in [-0.15, -0.1) is 0 Å². The molecule has 0 unspecified atom stereocenters. The number of rotatable bonds is 6. The van der Waals surface area contributed by atoms with E-state index >= 15 is 0 Å². The van der Waals surface area contributed by atoms with Gasteiger partial charge in [0.15, 0.2) is 0 Å². The second-order valence-corrected chi connectivity index (χ2v) is 4.48. The molecule has 16 heavy (non-hydrogen) atoms. The maximum Gasteiger partial charge on any atom is 0.529 e. The minimum Gasteiger partial charge on any atom is -0.409 e. The van der Waals surface area contributed by atoms with Crippen LogP contribution in [-0.4, -0.2) is 39.3 Å². The van der Waals surface area contributed by atoms with Gasteiger partial charge in [-0.05, 0) is 6.92 Å². The Morgan fingerprint density at radius 1 is 1.25 bits per heavy atom. The molecular formula is C8H16NO6P. The predicted molar refractivity (Wildman–Crippen MR) is 56.2 cm³/mol. The normalized spacial score (nSPS) is 12.4. The molecule has 0 aromatic rings. The number of carbonyl (C=O) groups is 1. The van der Waals surface area contributed by atoms with Crippen LogP contribution in [0.2, 0.25) is 0 Å². The lowest BCUT2D eigenvalue weighted by Gasteiger charge is -2.15. The number of allylic oxidation sites excluding steroid dienone is 1. The average Bonchev–Trinajstić information content (AvgIpc) is 2.27. The number of likely N-dealkylation sites (N-methyl/N-ethyl adjacent to an activating group) is 1. The first kappa shape index (κ1) is 15.1. The lowest BCUT2D eigenvalue weighted by Crippen LogP contribution is -2.23. The second kappa shape index (κ2) is 6.65. The molecule has 0 aromatic carbocycles. The quantitative estimate of drug-likeness (QED) is 0.307. The summed E-state index contributed by atoms with van der Waals surface area (Å²) in [5.41, 5.74) is 0. The van der Waals surface area contributed by atoms with Crippen molar-refractivity contribution in [1.82, 2.24) is 5.06 Å². The summed E-state index contributed by atoms with van der Waals surface area (Å²) in [6, 6.07) is 0. The van der Waals surface area contributed by atoms with Crippen molar-refractivity contribution < 1.29 is 27.8 Å². The highest BCUT2D eigenvalue weighted by molar-refractivity contribution is 7.48. The van der Waals surface area contributed by atoms with Crippen molar-refractivity contribution in [1.29, 1.82) is 0 Å². The molecule has 0 N–H and O–H groups in total. The molecule has 0 spiro atoms. The van der Waals surface area contributed by atoms with Crippen LogP contribution in [0.15, 0.2) is 11.8 Å². The molecular weight excluding hydrogens is 237 g/mol. The van der Waals surface area contributed by atoms with Gasteiger partial charge in [0, 0.05) is 27.3 Å². The lowest BCUT2D eigenvalue weighted by molar-refractivity contribution is -0.162. The molecule has 7 nitrogen and oxygen atoms in total. The van der Waals surface area contributed by atoms with Crippen molar-refractivity contribution in [2.75, 3.05) is 28.4 Å². The number of nitrogens with zero attached hydrogens (tertiary/aromatic N) is 1. The van der Waals surface area contributed by atoms with Crippen molar-refractivity contribution in [2.45, 2.75) is 6.92 Å². The van der Waals surface area contributed by atoms with E-state index in [0.29, 0.717) is 0 Å². The van der Waals surface area contributed by atoms with Crippen LogP contribution in [0.25, 0.3) is 0 Å². The number of carbonyl (C=O) groups excluding carboxylic acids is 1. The summed E-state index contributed by atoms with van der Waals surface area (Å²) in [5.74, 6) is -0.361. The summed E-state index contributed by atoms with van der Waals surface area (Å²) in [6.07, 6.45) is 1.11. The van der Waals surface area contributed by atoms with E-state index in [1.54, 1.807) is 0 Å². The van der Waals surface area contributed by atoms with Crippen LogP contribution in [0.4, 0.5) is 0 Å². The van der Waals surface area contributed by atoms with Crippen LogP contribution in [0, 0.1) is 0 Å². The van der Waals surface area contributed by atoms with E-state index in [0.717, 1.165) is 11.1 Å². The lowest BCUT2D eigenvalue weighted by atomic mass is 10.4.